The standard InChI is InChI=1S/C15H15F3N2O2/c1-9-4-3-5-11(8-9)6-7-19-14(21)12-10(2)20-22-13(12)15(16,17)18/h3-5,8H,6-7H2,1-2H3,(H,19,21). The second-order valence-corrected chi connectivity index (χ2v) is 4.96. The number of benzene rings is 1. The van der Waals surface area contributed by atoms with Crippen LogP contribution in [-0.4, -0.2) is 17.6 Å². The molecule has 0 aliphatic carbocycles. The maximum Gasteiger partial charge on any atom is 0.453 e. The Morgan fingerprint density at radius 2 is 2.05 bits per heavy atom. The number of hydrogen-bond acceptors (Lipinski definition) is 3. The summed E-state index contributed by atoms with van der Waals surface area (Å²) in [5, 5.41) is 5.69. The highest BCUT2D eigenvalue weighted by Gasteiger charge is 2.41. The number of aryl methyl sites for hydroxylation is 2. The molecule has 0 aliphatic heterocycles. The van der Waals surface area contributed by atoms with Gasteiger partial charge in [0.15, 0.2) is 0 Å². The number of rotatable bonds is 4. The number of halogens is 3. The fourth-order valence-corrected chi connectivity index (χ4v) is 2.11. The molecule has 22 heavy (non-hydrogen) atoms. The van der Waals surface area contributed by atoms with Crippen LogP contribution < -0.4 is 5.32 Å². The third kappa shape index (κ3) is 3.66. The number of alkyl halides is 3. The highest BCUT2D eigenvalue weighted by Crippen LogP contribution is 2.33. The molecule has 0 spiro atoms. The van der Waals surface area contributed by atoms with Gasteiger partial charge in [-0.2, -0.15) is 13.2 Å². The molecule has 1 aromatic carbocycles. The molecule has 0 saturated heterocycles. The number of hydrogen-bond donors (Lipinski definition) is 1. The van der Waals surface area contributed by atoms with E-state index >= 15 is 0 Å². The zero-order valence-electron chi connectivity index (χ0n) is 12.1. The van der Waals surface area contributed by atoms with E-state index in [9.17, 15) is 18.0 Å². The van der Waals surface area contributed by atoms with Crippen molar-refractivity contribution < 1.29 is 22.5 Å². The first-order valence-corrected chi connectivity index (χ1v) is 6.66. The first-order chi connectivity index (χ1) is 10.3. The van der Waals surface area contributed by atoms with Crippen LogP contribution in [0.2, 0.25) is 0 Å². The molecule has 1 amide bonds. The summed E-state index contributed by atoms with van der Waals surface area (Å²) in [5.74, 6) is -2.20. The Kier molecular flexibility index (Phi) is 4.54. The predicted molar refractivity (Wildman–Crippen MR) is 73.5 cm³/mol. The van der Waals surface area contributed by atoms with Crippen molar-refractivity contribution in [2.24, 2.45) is 0 Å². The molecular formula is C15H15F3N2O2. The van der Waals surface area contributed by atoms with E-state index in [1.807, 2.05) is 31.2 Å². The normalized spacial score (nSPS) is 11.5. The predicted octanol–water partition coefficient (Wildman–Crippen LogP) is 3.28. The van der Waals surface area contributed by atoms with Crippen LogP contribution in [0, 0.1) is 13.8 Å². The lowest BCUT2D eigenvalue weighted by molar-refractivity contribution is -0.155. The van der Waals surface area contributed by atoms with Gasteiger partial charge in [-0.1, -0.05) is 35.0 Å². The molecule has 0 radical (unpaired) electrons. The van der Waals surface area contributed by atoms with E-state index in [1.54, 1.807) is 0 Å². The van der Waals surface area contributed by atoms with Crippen molar-refractivity contribution in [3.63, 3.8) is 0 Å². The van der Waals surface area contributed by atoms with Crippen LogP contribution in [-0.2, 0) is 12.6 Å². The van der Waals surface area contributed by atoms with Crippen LogP contribution in [0.3, 0.4) is 0 Å². The van der Waals surface area contributed by atoms with Gasteiger partial charge in [-0.3, -0.25) is 4.79 Å². The lowest BCUT2D eigenvalue weighted by atomic mass is 10.1. The lowest BCUT2D eigenvalue weighted by Gasteiger charge is -2.07. The Bertz CT molecular complexity index is 678. The topological polar surface area (TPSA) is 55.1 Å². The van der Waals surface area contributed by atoms with Gasteiger partial charge < -0.3 is 9.84 Å². The third-order valence-electron chi connectivity index (χ3n) is 3.13. The average molecular weight is 312 g/mol. The lowest BCUT2D eigenvalue weighted by Crippen LogP contribution is -2.28. The first kappa shape index (κ1) is 16.1. The zero-order valence-corrected chi connectivity index (χ0v) is 12.1. The molecule has 1 aromatic heterocycles. The second-order valence-electron chi connectivity index (χ2n) is 4.96. The van der Waals surface area contributed by atoms with Crippen molar-refractivity contribution in [3.05, 3.63) is 52.4 Å². The van der Waals surface area contributed by atoms with E-state index in [-0.39, 0.29) is 12.2 Å². The molecule has 4 nitrogen and oxygen atoms in total. The summed E-state index contributed by atoms with van der Waals surface area (Å²) in [6.45, 7) is 3.47. The minimum atomic E-state index is -4.75. The summed E-state index contributed by atoms with van der Waals surface area (Å²) < 4.78 is 42.4. The van der Waals surface area contributed by atoms with Gasteiger partial charge in [0, 0.05) is 6.54 Å². The second kappa shape index (κ2) is 6.21. The van der Waals surface area contributed by atoms with Gasteiger partial charge in [0.1, 0.15) is 5.56 Å². The molecule has 0 atom stereocenters. The number of carbonyl (C=O) groups excluding carboxylic acids is 1. The minimum Gasteiger partial charge on any atom is -0.352 e. The van der Waals surface area contributed by atoms with Crippen LogP contribution in [0.4, 0.5) is 13.2 Å². The number of nitrogens with zero attached hydrogens (tertiary/aromatic N) is 1. The third-order valence-corrected chi connectivity index (χ3v) is 3.13. The van der Waals surface area contributed by atoms with Crippen molar-refractivity contribution in [1.29, 1.82) is 0 Å². The molecule has 1 heterocycles. The fourth-order valence-electron chi connectivity index (χ4n) is 2.11. The van der Waals surface area contributed by atoms with E-state index in [2.05, 4.69) is 15.0 Å². The van der Waals surface area contributed by atoms with Crippen LogP contribution >= 0.6 is 0 Å². The van der Waals surface area contributed by atoms with Crippen molar-refractivity contribution in [1.82, 2.24) is 10.5 Å². The Hall–Kier alpha value is -2.31. The van der Waals surface area contributed by atoms with Gasteiger partial charge in [0.2, 0.25) is 0 Å². The van der Waals surface area contributed by atoms with E-state index in [0.717, 1.165) is 11.1 Å². The summed E-state index contributed by atoms with van der Waals surface area (Å²) in [7, 11) is 0. The Balaban J connectivity index is 2.03. The van der Waals surface area contributed by atoms with E-state index in [1.165, 1.54) is 6.92 Å². The van der Waals surface area contributed by atoms with E-state index in [4.69, 9.17) is 0 Å². The quantitative estimate of drug-likeness (QED) is 0.942. The van der Waals surface area contributed by atoms with Crippen LogP contribution in [0.15, 0.2) is 28.8 Å². The van der Waals surface area contributed by atoms with E-state index < -0.39 is 23.4 Å². The minimum absolute atomic E-state index is 0.0830. The molecule has 0 saturated carbocycles. The van der Waals surface area contributed by atoms with Gasteiger partial charge in [-0.15, -0.1) is 0 Å². The smallest absolute Gasteiger partial charge is 0.352 e. The SMILES string of the molecule is Cc1cccc(CCNC(=O)c2c(C)noc2C(F)(F)F)c1. The van der Waals surface area contributed by atoms with Gasteiger partial charge in [0.05, 0.1) is 5.69 Å². The summed E-state index contributed by atoms with van der Waals surface area (Å²) in [5.41, 5.74) is 1.44. The highest BCUT2D eigenvalue weighted by atomic mass is 19.4. The van der Waals surface area contributed by atoms with Gasteiger partial charge in [0.25, 0.3) is 11.7 Å². The van der Waals surface area contributed by atoms with Crippen molar-refractivity contribution >= 4 is 5.91 Å². The fraction of sp³-hybridized carbons (Fsp3) is 0.333. The van der Waals surface area contributed by atoms with Crippen LogP contribution in [0.5, 0.6) is 0 Å². The molecule has 7 heteroatoms. The first-order valence-electron chi connectivity index (χ1n) is 6.66. The maximum atomic E-state index is 12.7. The number of aromatic nitrogens is 1. The monoisotopic (exact) mass is 312 g/mol. The molecule has 2 rings (SSSR count). The number of nitrogens with one attached hydrogen (secondary N) is 1. The summed E-state index contributed by atoms with van der Waals surface area (Å²) in [6, 6.07) is 7.68. The highest BCUT2D eigenvalue weighted by molar-refractivity contribution is 5.96. The summed E-state index contributed by atoms with van der Waals surface area (Å²) in [6.07, 6.45) is -4.22. The number of carbonyl (C=O) groups is 1. The Morgan fingerprint density at radius 3 is 2.68 bits per heavy atom. The molecule has 2 aromatic rings. The largest absolute Gasteiger partial charge is 0.453 e. The molecule has 0 bridgehead atoms. The molecule has 118 valence electrons. The Labute approximate surface area is 125 Å². The summed E-state index contributed by atoms with van der Waals surface area (Å²) in [4.78, 5) is 11.9. The molecular weight excluding hydrogens is 297 g/mol. The zero-order chi connectivity index (χ0) is 16.3. The van der Waals surface area contributed by atoms with Gasteiger partial charge in [-0.25, -0.2) is 0 Å². The van der Waals surface area contributed by atoms with Crippen molar-refractivity contribution in [2.75, 3.05) is 6.54 Å². The summed E-state index contributed by atoms with van der Waals surface area (Å²) >= 11 is 0. The van der Waals surface area contributed by atoms with Crippen LogP contribution in [0.25, 0.3) is 0 Å². The molecule has 1 N–H and O–H groups in total. The van der Waals surface area contributed by atoms with Crippen molar-refractivity contribution in [2.45, 2.75) is 26.4 Å². The van der Waals surface area contributed by atoms with Gasteiger partial charge >= 0.3 is 6.18 Å². The van der Waals surface area contributed by atoms with Crippen LogP contribution in [0.1, 0.15) is 32.9 Å². The average Bonchev–Trinajstić information content (AvgIpc) is 2.80. The molecule has 0 fully saturated rings. The molecule has 0 aliphatic rings. The maximum absolute atomic E-state index is 12.7. The molecule has 0 unspecified atom stereocenters. The number of amides is 1. The van der Waals surface area contributed by atoms with Gasteiger partial charge in [-0.05, 0) is 25.8 Å². The van der Waals surface area contributed by atoms with E-state index in [0.29, 0.717) is 6.42 Å². The van der Waals surface area contributed by atoms with Crippen molar-refractivity contribution in [3.8, 4) is 0 Å². The Morgan fingerprint density at radius 1 is 1.32 bits per heavy atom.